The van der Waals surface area contributed by atoms with Gasteiger partial charge in [0.15, 0.2) is 9.84 Å². The fourth-order valence-corrected chi connectivity index (χ4v) is 2.59. The van der Waals surface area contributed by atoms with Crippen LogP contribution >= 0.6 is 11.6 Å². The lowest BCUT2D eigenvalue weighted by atomic mass is 10.2. The molecule has 1 fully saturated rings. The maximum absolute atomic E-state index is 12.0. The molecule has 1 heterocycles. The highest BCUT2D eigenvalue weighted by molar-refractivity contribution is 7.90. The molecule has 1 aromatic rings. The minimum Gasteiger partial charge on any atom is -0.366 e. The molecule has 0 aromatic heterocycles. The highest BCUT2D eigenvalue weighted by atomic mass is 35.5. The van der Waals surface area contributed by atoms with Crippen molar-refractivity contribution in [2.45, 2.75) is 11.0 Å². The van der Waals surface area contributed by atoms with Crippen LogP contribution < -0.4 is 10.6 Å². The zero-order chi connectivity index (χ0) is 14.8. The lowest BCUT2D eigenvalue weighted by Crippen LogP contribution is -2.45. The summed E-state index contributed by atoms with van der Waals surface area (Å²) in [5.41, 5.74) is 0.258. The van der Waals surface area contributed by atoms with Crippen LogP contribution in [-0.4, -0.2) is 46.4 Å². The van der Waals surface area contributed by atoms with Crippen molar-refractivity contribution in [1.29, 1.82) is 0 Å². The summed E-state index contributed by atoms with van der Waals surface area (Å²) >= 11 is 5.96. The summed E-state index contributed by atoms with van der Waals surface area (Å²) in [5, 5.41) is 5.90. The lowest BCUT2D eigenvalue weighted by Gasteiger charge is -2.23. The molecular weight excluding hydrogens is 304 g/mol. The molecule has 6 nitrogen and oxygen atoms in total. The third kappa shape index (κ3) is 3.69. The fraction of sp³-hybridized carbons (Fsp3) is 0.417. The number of hydrogen-bond donors (Lipinski definition) is 2. The van der Waals surface area contributed by atoms with Crippen molar-refractivity contribution >= 4 is 33.0 Å². The second kappa shape index (κ2) is 6.09. The first kappa shape index (κ1) is 15.2. The fourth-order valence-electron chi connectivity index (χ4n) is 1.78. The molecule has 0 spiro atoms. The summed E-state index contributed by atoms with van der Waals surface area (Å²) in [6, 6.07) is 4.17. The Morgan fingerprint density at radius 3 is 2.85 bits per heavy atom. The summed E-state index contributed by atoms with van der Waals surface area (Å²) in [6.45, 7) is 1.57. The van der Waals surface area contributed by atoms with E-state index in [2.05, 4.69) is 10.6 Å². The molecule has 110 valence electrons. The van der Waals surface area contributed by atoms with Gasteiger partial charge in [0.05, 0.1) is 22.2 Å². The maximum Gasteiger partial charge on any atom is 0.254 e. The van der Waals surface area contributed by atoms with E-state index in [1.807, 2.05) is 0 Å². The zero-order valence-corrected chi connectivity index (χ0v) is 12.4. The summed E-state index contributed by atoms with van der Waals surface area (Å²) in [7, 11) is -3.36. The van der Waals surface area contributed by atoms with Gasteiger partial charge >= 0.3 is 0 Å². The number of hydrogen-bond acceptors (Lipinski definition) is 5. The van der Waals surface area contributed by atoms with Crippen LogP contribution in [0.15, 0.2) is 23.1 Å². The van der Waals surface area contributed by atoms with Crippen LogP contribution in [0, 0.1) is 0 Å². The Balaban J connectivity index is 2.18. The van der Waals surface area contributed by atoms with Gasteiger partial charge in [0, 0.05) is 19.3 Å². The normalized spacial score (nSPS) is 19.6. The van der Waals surface area contributed by atoms with E-state index in [0.29, 0.717) is 19.7 Å². The molecule has 1 aromatic carbocycles. The van der Waals surface area contributed by atoms with E-state index in [-0.39, 0.29) is 21.5 Å². The number of morpholine rings is 1. The van der Waals surface area contributed by atoms with E-state index in [0.717, 1.165) is 6.26 Å². The van der Waals surface area contributed by atoms with Gasteiger partial charge in [-0.3, -0.25) is 4.79 Å². The molecule has 1 unspecified atom stereocenters. The van der Waals surface area contributed by atoms with E-state index in [4.69, 9.17) is 16.3 Å². The molecule has 0 radical (unpaired) electrons. The molecule has 8 heteroatoms. The number of anilines is 1. The van der Waals surface area contributed by atoms with Gasteiger partial charge in [0.1, 0.15) is 6.10 Å². The van der Waals surface area contributed by atoms with Crippen molar-refractivity contribution in [3.63, 3.8) is 0 Å². The third-order valence-corrected chi connectivity index (χ3v) is 4.28. The highest BCUT2D eigenvalue weighted by Gasteiger charge is 2.22. The number of benzene rings is 1. The average molecular weight is 319 g/mol. The Kier molecular flexibility index (Phi) is 4.64. The number of sulfone groups is 1. The van der Waals surface area contributed by atoms with Crippen LogP contribution in [0.25, 0.3) is 0 Å². The largest absolute Gasteiger partial charge is 0.366 e. The third-order valence-electron chi connectivity index (χ3n) is 2.84. The molecule has 1 aliphatic heterocycles. The van der Waals surface area contributed by atoms with Gasteiger partial charge < -0.3 is 15.4 Å². The number of rotatable bonds is 3. The summed E-state index contributed by atoms with van der Waals surface area (Å²) in [6.07, 6.45) is 0.484. The summed E-state index contributed by atoms with van der Waals surface area (Å²) < 4.78 is 28.3. The minimum atomic E-state index is -3.36. The van der Waals surface area contributed by atoms with Gasteiger partial charge in [-0.05, 0) is 18.2 Å². The number of amides is 1. The maximum atomic E-state index is 12.0. The second-order valence-corrected chi connectivity index (χ2v) is 6.89. The van der Waals surface area contributed by atoms with Gasteiger partial charge in [0.2, 0.25) is 0 Å². The van der Waals surface area contributed by atoms with E-state index in [1.54, 1.807) is 0 Å². The molecule has 1 saturated heterocycles. The smallest absolute Gasteiger partial charge is 0.254 e. The van der Waals surface area contributed by atoms with E-state index < -0.39 is 15.9 Å². The van der Waals surface area contributed by atoms with Crippen molar-refractivity contribution in [3.8, 4) is 0 Å². The van der Waals surface area contributed by atoms with Crippen molar-refractivity contribution in [3.05, 3.63) is 23.2 Å². The van der Waals surface area contributed by atoms with E-state index in [9.17, 15) is 13.2 Å². The van der Waals surface area contributed by atoms with Crippen LogP contribution in [0.1, 0.15) is 0 Å². The van der Waals surface area contributed by atoms with Crippen molar-refractivity contribution in [1.82, 2.24) is 5.32 Å². The SMILES string of the molecule is CS(=O)(=O)c1ccc(Cl)c(NC(=O)C2CNCCO2)c1. The number of nitrogens with one attached hydrogen (secondary N) is 2. The predicted octanol–water partition coefficient (Wildman–Crippen LogP) is 0.670. The second-order valence-electron chi connectivity index (χ2n) is 4.47. The highest BCUT2D eigenvalue weighted by Crippen LogP contribution is 2.25. The molecule has 1 atom stereocenters. The Bertz CT molecular complexity index is 612. The van der Waals surface area contributed by atoms with Gasteiger partial charge in [-0.2, -0.15) is 0 Å². The first-order valence-corrected chi connectivity index (χ1v) is 8.27. The van der Waals surface area contributed by atoms with Crippen molar-refractivity contribution in [2.24, 2.45) is 0 Å². The van der Waals surface area contributed by atoms with Gasteiger partial charge in [0.25, 0.3) is 5.91 Å². The zero-order valence-electron chi connectivity index (χ0n) is 10.8. The van der Waals surface area contributed by atoms with Crippen molar-refractivity contribution < 1.29 is 17.9 Å². The minimum absolute atomic E-state index is 0.0971. The quantitative estimate of drug-likeness (QED) is 0.855. The van der Waals surface area contributed by atoms with E-state index >= 15 is 0 Å². The van der Waals surface area contributed by atoms with Crippen LogP contribution in [0.2, 0.25) is 5.02 Å². The van der Waals surface area contributed by atoms with Crippen LogP contribution in [0.3, 0.4) is 0 Å². The lowest BCUT2D eigenvalue weighted by molar-refractivity contribution is -0.128. The van der Waals surface area contributed by atoms with Gasteiger partial charge in [-0.1, -0.05) is 11.6 Å². The van der Waals surface area contributed by atoms with Gasteiger partial charge in [-0.25, -0.2) is 8.42 Å². The molecule has 20 heavy (non-hydrogen) atoms. The number of halogens is 1. The molecule has 0 bridgehead atoms. The number of carbonyl (C=O) groups is 1. The molecule has 1 amide bonds. The molecule has 1 aliphatic rings. The summed E-state index contributed by atoms with van der Waals surface area (Å²) in [5.74, 6) is -0.357. The van der Waals surface area contributed by atoms with Gasteiger partial charge in [-0.15, -0.1) is 0 Å². The van der Waals surface area contributed by atoms with Crippen LogP contribution in [0.4, 0.5) is 5.69 Å². The Morgan fingerprint density at radius 1 is 1.50 bits per heavy atom. The Labute approximate surface area is 122 Å². The number of ether oxygens (including phenoxy) is 1. The Morgan fingerprint density at radius 2 is 2.25 bits per heavy atom. The summed E-state index contributed by atoms with van der Waals surface area (Å²) in [4.78, 5) is 12.1. The standard InChI is InChI=1S/C12H15ClN2O4S/c1-20(17,18)8-2-3-9(13)10(6-8)15-12(16)11-7-14-4-5-19-11/h2-3,6,11,14H,4-5,7H2,1H3,(H,15,16). The monoisotopic (exact) mass is 318 g/mol. The van der Waals surface area contributed by atoms with E-state index in [1.165, 1.54) is 18.2 Å². The van der Waals surface area contributed by atoms with Crippen LogP contribution in [0.5, 0.6) is 0 Å². The predicted molar refractivity (Wildman–Crippen MR) is 75.8 cm³/mol. The van der Waals surface area contributed by atoms with Crippen LogP contribution in [-0.2, 0) is 19.4 Å². The first-order chi connectivity index (χ1) is 9.38. The number of carbonyl (C=O) groups excluding carboxylic acids is 1. The molecule has 0 saturated carbocycles. The molecule has 2 N–H and O–H groups in total. The molecular formula is C12H15ClN2O4S. The average Bonchev–Trinajstić information content (AvgIpc) is 2.41. The topological polar surface area (TPSA) is 84.5 Å². The Hall–Kier alpha value is -1.15. The molecule has 0 aliphatic carbocycles. The molecule has 2 rings (SSSR count). The van der Waals surface area contributed by atoms with Crippen molar-refractivity contribution in [2.75, 3.05) is 31.3 Å². The first-order valence-electron chi connectivity index (χ1n) is 6.01.